The predicted octanol–water partition coefficient (Wildman–Crippen LogP) is 3.61. The van der Waals surface area contributed by atoms with Gasteiger partial charge in [0.05, 0.1) is 5.88 Å². The zero-order valence-corrected chi connectivity index (χ0v) is 8.02. The van der Waals surface area contributed by atoms with Crippen LogP contribution in [0.25, 0.3) is 0 Å². The molecule has 0 aromatic heterocycles. The molecule has 0 heterocycles. The molecule has 0 saturated heterocycles. The molecule has 5 heteroatoms. The zero-order valence-electron chi connectivity index (χ0n) is 5.67. The van der Waals surface area contributed by atoms with Crippen molar-refractivity contribution < 1.29 is 13.2 Å². The molecule has 0 unspecified atom stereocenters. The lowest BCUT2D eigenvalue weighted by Gasteiger charge is -2.03. The molecule has 0 aliphatic rings. The van der Waals surface area contributed by atoms with E-state index in [9.17, 15) is 13.2 Å². The third-order valence-corrected chi connectivity index (χ3v) is 2.32. The largest absolute Gasteiger partial charge is 0.204 e. The molecule has 1 aromatic rings. The predicted molar refractivity (Wildman–Crippen MR) is 43.6 cm³/mol. The second-order valence-corrected chi connectivity index (χ2v) is 3.20. The molecule has 0 spiro atoms. The van der Waals surface area contributed by atoms with Crippen molar-refractivity contribution in [3.8, 4) is 0 Å². The van der Waals surface area contributed by atoms with Crippen molar-refractivity contribution >= 4 is 27.5 Å². The van der Waals surface area contributed by atoms with Gasteiger partial charge < -0.3 is 0 Å². The molecule has 1 aromatic carbocycles. The van der Waals surface area contributed by atoms with Crippen molar-refractivity contribution in [2.24, 2.45) is 0 Å². The van der Waals surface area contributed by atoms with Crippen molar-refractivity contribution in [3.05, 3.63) is 33.6 Å². The van der Waals surface area contributed by atoms with Crippen LogP contribution in [0.1, 0.15) is 5.56 Å². The molecule has 66 valence electrons. The van der Waals surface area contributed by atoms with E-state index >= 15 is 0 Å². The first kappa shape index (κ1) is 9.86. The lowest BCUT2D eigenvalue weighted by atomic mass is 10.2. The summed E-state index contributed by atoms with van der Waals surface area (Å²) in [5.74, 6) is -4.16. The third kappa shape index (κ3) is 1.59. The highest BCUT2D eigenvalue weighted by Gasteiger charge is 2.16. The highest BCUT2D eigenvalue weighted by Crippen LogP contribution is 2.25. The summed E-state index contributed by atoms with van der Waals surface area (Å²) in [4.78, 5) is 0. The van der Waals surface area contributed by atoms with Crippen LogP contribution in [-0.2, 0) is 5.88 Å². The Labute approximate surface area is 80.5 Å². The number of halogens is 5. The second-order valence-electron chi connectivity index (χ2n) is 2.08. The standard InChI is InChI=1S/C7H3BrClF3/c8-4-1-5(10)7(12)6(11)3(4)2-9/h1H,2H2. The van der Waals surface area contributed by atoms with E-state index in [0.717, 1.165) is 6.07 Å². The first-order valence-electron chi connectivity index (χ1n) is 2.95. The summed E-state index contributed by atoms with van der Waals surface area (Å²) in [6.45, 7) is 0. The molecule has 0 radical (unpaired) electrons. The van der Waals surface area contributed by atoms with Gasteiger partial charge in [0, 0.05) is 10.0 Å². The van der Waals surface area contributed by atoms with Crippen molar-refractivity contribution in [3.63, 3.8) is 0 Å². The molecule has 0 nitrogen and oxygen atoms in total. The minimum Gasteiger partial charge on any atom is -0.204 e. The smallest absolute Gasteiger partial charge is 0.194 e. The van der Waals surface area contributed by atoms with Crippen LogP contribution in [-0.4, -0.2) is 0 Å². The molecule has 0 saturated carbocycles. The number of hydrogen-bond acceptors (Lipinski definition) is 0. The Morgan fingerprint density at radius 3 is 2.33 bits per heavy atom. The van der Waals surface area contributed by atoms with Gasteiger partial charge in [-0.05, 0) is 6.07 Å². The average molecular weight is 259 g/mol. The van der Waals surface area contributed by atoms with E-state index in [1.807, 2.05) is 0 Å². The summed E-state index contributed by atoms with van der Waals surface area (Å²) in [6, 6.07) is 0.843. The van der Waals surface area contributed by atoms with Crippen molar-refractivity contribution in [2.45, 2.75) is 5.88 Å². The van der Waals surface area contributed by atoms with Crippen LogP contribution in [0.3, 0.4) is 0 Å². The molecule has 0 amide bonds. The highest BCUT2D eigenvalue weighted by atomic mass is 79.9. The van der Waals surface area contributed by atoms with Gasteiger partial charge in [-0.25, -0.2) is 13.2 Å². The summed E-state index contributed by atoms with van der Waals surface area (Å²) < 4.78 is 37.9. The summed E-state index contributed by atoms with van der Waals surface area (Å²) in [7, 11) is 0. The normalized spacial score (nSPS) is 10.4. The SMILES string of the molecule is Fc1cc(Br)c(CCl)c(F)c1F. The van der Waals surface area contributed by atoms with Crippen LogP contribution in [0.5, 0.6) is 0 Å². The topological polar surface area (TPSA) is 0 Å². The van der Waals surface area contributed by atoms with Crippen molar-refractivity contribution in [2.75, 3.05) is 0 Å². The fourth-order valence-electron chi connectivity index (χ4n) is 0.726. The molecule has 0 atom stereocenters. The van der Waals surface area contributed by atoms with Crippen LogP contribution in [0.2, 0.25) is 0 Å². The van der Waals surface area contributed by atoms with E-state index in [2.05, 4.69) is 15.9 Å². The van der Waals surface area contributed by atoms with Crippen LogP contribution in [0.15, 0.2) is 10.5 Å². The van der Waals surface area contributed by atoms with Crippen LogP contribution in [0.4, 0.5) is 13.2 Å². The highest BCUT2D eigenvalue weighted by molar-refractivity contribution is 9.10. The van der Waals surface area contributed by atoms with E-state index in [-0.39, 0.29) is 15.9 Å². The van der Waals surface area contributed by atoms with Crippen LogP contribution < -0.4 is 0 Å². The summed E-state index contributed by atoms with van der Waals surface area (Å²) >= 11 is 8.16. The Bertz CT molecular complexity index is 314. The number of alkyl halides is 1. The maximum atomic E-state index is 12.8. The fourth-order valence-corrected chi connectivity index (χ4v) is 1.66. The monoisotopic (exact) mass is 258 g/mol. The minimum atomic E-state index is -1.49. The van der Waals surface area contributed by atoms with E-state index < -0.39 is 17.5 Å². The van der Waals surface area contributed by atoms with Gasteiger partial charge in [-0.15, -0.1) is 11.6 Å². The maximum absolute atomic E-state index is 12.8. The van der Waals surface area contributed by atoms with E-state index in [0.29, 0.717) is 0 Å². The third-order valence-electron chi connectivity index (χ3n) is 1.34. The Kier molecular flexibility index (Phi) is 3.01. The number of hydrogen-bond donors (Lipinski definition) is 0. The number of benzene rings is 1. The van der Waals surface area contributed by atoms with Gasteiger partial charge >= 0.3 is 0 Å². The van der Waals surface area contributed by atoms with Crippen LogP contribution >= 0.6 is 27.5 Å². The van der Waals surface area contributed by atoms with Gasteiger partial charge in [0.25, 0.3) is 0 Å². The second kappa shape index (κ2) is 3.66. The van der Waals surface area contributed by atoms with Gasteiger partial charge in [-0.1, -0.05) is 15.9 Å². The van der Waals surface area contributed by atoms with Gasteiger partial charge in [0.15, 0.2) is 17.5 Å². The first-order valence-corrected chi connectivity index (χ1v) is 4.28. The molecule has 0 bridgehead atoms. The Morgan fingerprint density at radius 2 is 1.83 bits per heavy atom. The minimum absolute atomic E-state index is 0.0735. The molecule has 0 aliphatic carbocycles. The Hall–Kier alpha value is -0.220. The van der Waals surface area contributed by atoms with Gasteiger partial charge in [-0.3, -0.25) is 0 Å². The van der Waals surface area contributed by atoms with Gasteiger partial charge in [0.1, 0.15) is 0 Å². The fraction of sp³-hybridized carbons (Fsp3) is 0.143. The molecule has 12 heavy (non-hydrogen) atoms. The summed E-state index contributed by atoms with van der Waals surface area (Å²) in [5.41, 5.74) is -0.0735. The number of rotatable bonds is 1. The molecule has 0 aliphatic heterocycles. The average Bonchev–Trinajstić information content (AvgIpc) is 2.01. The zero-order chi connectivity index (χ0) is 9.30. The summed E-state index contributed by atoms with van der Waals surface area (Å²) in [5, 5.41) is 0. The molecule has 1 rings (SSSR count). The molecular weight excluding hydrogens is 256 g/mol. The Balaban J connectivity index is 3.40. The quantitative estimate of drug-likeness (QED) is 0.411. The van der Waals surface area contributed by atoms with E-state index in [1.165, 1.54) is 0 Å². The molecule has 0 fully saturated rings. The summed E-state index contributed by atoms with van der Waals surface area (Å²) in [6.07, 6.45) is 0. The van der Waals surface area contributed by atoms with E-state index in [4.69, 9.17) is 11.6 Å². The molecule has 0 N–H and O–H groups in total. The van der Waals surface area contributed by atoms with E-state index in [1.54, 1.807) is 0 Å². The maximum Gasteiger partial charge on any atom is 0.194 e. The van der Waals surface area contributed by atoms with Crippen LogP contribution in [0, 0.1) is 17.5 Å². The Morgan fingerprint density at radius 1 is 1.25 bits per heavy atom. The van der Waals surface area contributed by atoms with Gasteiger partial charge in [0.2, 0.25) is 0 Å². The van der Waals surface area contributed by atoms with Crippen molar-refractivity contribution in [1.82, 2.24) is 0 Å². The lowest BCUT2D eigenvalue weighted by Crippen LogP contribution is -1.97. The first-order chi connectivity index (χ1) is 5.57. The van der Waals surface area contributed by atoms with Crippen molar-refractivity contribution in [1.29, 1.82) is 0 Å². The lowest BCUT2D eigenvalue weighted by molar-refractivity contribution is 0.442. The molecular formula is C7H3BrClF3. The van der Waals surface area contributed by atoms with Gasteiger partial charge in [-0.2, -0.15) is 0 Å².